The number of hydrazone groups is 1. The third kappa shape index (κ3) is 6.84. The predicted molar refractivity (Wildman–Crippen MR) is 144 cm³/mol. The molecule has 1 amide bonds. The standard InChI is InChI=1S/C22H16I2N4O7/c1-34-20-7-6-16(28(32)33)10-17(20)22(29)26-25-11-14-8-18(23)21(19(24)9-14)35-12-13-2-4-15(5-3-13)27(30)31/h2-11H,12H2,1H3,(H,26,29). The number of methoxy groups -OCH3 is 1. The fourth-order valence-corrected chi connectivity index (χ4v) is 5.00. The molecule has 0 bridgehead atoms. The van der Waals surface area contributed by atoms with Crippen LogP contribution in [0.4, 0.5) is 11.4 Å². The first-order valence-corrected chi connectivity index (χ1v) is 11.9. The Morgan fingerprint density at radius 2 is 1.60 bits per heavy atom. The summed E-state index contributed by atoms with van der Waals surface area (Å²) in [5, 5.41) is 25.7. The predicted octanol–water partition coefficient (Wildman–Crippen LogP) is 5.06. The lowest BCUT2D eigenvalue weighted by Crippen LogP contribution is -2.18. The first-order valence-electron chi connectivity index (χ1n) is 9.70. The van der Waals surface area contributed by atoms with Crippen molar-refractivity contribution in [3.05, 3.63) is 98.7 Å². The topological polar surface area (TPSA) is 146 Å². The van der Waals surface area contributed by atoms with Crippen LogP contribution in [0.1, 0.15) is 21.5 Å². The number of carbonyl (C=O) groups is 1. The molecule has 0 spiro atoms. The molecule has 13 heteroatoms. The van der Waals surface area contributed by atoms with E-state index in [9.17, 15) is 25.0 Å². The monoisotopic (exact) mass is 702 g/mol. The molecule has 0 aliphatic rings. The van der Waals surface area contributed by atoms with Crippen LogP contribution in [0.25, 0.3) is 0 Å². The summed E-state index contributed by atoms with van der Waals surface area (Å²) in [6.07, 6.45) is 1.44. The highest BCUT2D eigenvalue weighted by molar-refractivity contribution is 14.1. The van der Waals surface area contributed by atoms with Crippen molar-refractivity contribution in [2.45, 2.75) is 6.61 Å². The van der Waals surface area contributed by atoms with Crippen molar-refractivity contribution in [2.24, 2.45) is 5.10 Å². The number of ether oxygens (including phenoxy) is 2. The van der Waals surface area contributed by atoms with Crippen molar-refractivity contribution in [2.75, 3.05) is 7.11 Å². The van der Waals surface area contributed by atoms with Crippen LogP contribution in [0.15, 0.2) is 59.7 Å². The molecule has 0 aliphatic carbocycles. The maximum absolute atomic E-state index is 12.5. The first kappa shape index (κ1) is 26.3. The normalized spacial score (nSPS) is 10.7. The van der Waals surface area contributed by atoms with Gasteiger partial charge in [-0.15, -0.1) is 0 Å². The van der Waals surface area contributed by atoms with Gasteiger partial charge in [0.05, 0.1) is 35.9 Å². The molecular weight excluding hydrogens is 686 g/mol. The van der Waals surface area contributed by atoms with Gasteiger partial charge in [0.15, 0.2) is 0 Å². The molecule has 0 saturated heterocycles. The van der Waals surface area contributed by atoms with Gasteiger partial charge in [-0.3, -0.25) is 25.0 Å². The summed E-state index contributed by atoms with van der Waals surface area (Å²) >= 11 is 4.23. The first-order chi connectivity index (χ1) is 16.7. The van der Waals surface area contributed by atoms with Crippen LogP contribution in [0.5, 0.6) is 11.5 Å². The van der Waals surface area contributed by atoms with Gasteiger partial charge in [0.25, 0.3) is 17.3 Å². The largest absolute Gasteiger partial charge is 0.496 e. The Labute approximate surface area is 226 Å². The van der Waals surface area contributed by atoms with E-state index < -0.39 is 15.8 Å². The summed E-state index contributed by atoms with van der Waals surface area (Å²) in [7, 11) is 1.36. The maximum Gasteiger partial charge on any atom is 0.275 e. The van der Waals surface area contributed by atoms with Gasteiger partial charge in [-0.25, -0.2) is 5.43 Å². The second-order valence-corrected chi connectivity index (χ2v) is 9.19. The van der Waals surface area contributed by atoms with E-state index >= 15 is 0 Å². The van der Waals surface area contributed by atoms with E-state index in [0.717, 1.165) is 18.8 Å². The zero-order chi connectivity index (χ0) is 25.5. The molecule has 0 fully saturated rings. The lowest BCUT2D eigenvalue weighted by Gasteiger charge is -2.11. The number of carbonyl (C=O) groups excluding carboxylic acids is 1. The van der Waals surface area contributed by atoms with Gasteiger partial charge in [-0.1, -0.05) is 0 Å². The molecule has 0 heterocycles. The van der Waals surface area contributed by atoms with E-state index in [0.29, 0.717) is 11.3 Å². The molecule has 35 heavy (non-hydrogen) atoms. The molecule has 3 rings (SSSR count). The third-order valence-electron chi connectivity index (χ3n) is 4.57. The second kappa shape index (κ2) is 11.9. The van der Waals surface area contributed by atoms with Gasteiger partial charge in [0, 0.05) is 24.3 Å². The Bertz CT molecular complexity index is 1290. The number of nitro benzene ring substituents is 2. The van der Waals surface area contributed by atoms with Crippen molar-refractivity contribution in [1.29, 1.82) is 0 Å². The SMILES string of the molecule is COc1ccc([N+](=O)[O-])cc1C(=O)NN=Cc1cc(I)c(OCc2ccc([N+](=O)[O-])cc2)c(I)c1. The van der Waals surface area contributed by atoms with Crippen LogP contribution in [0, 0.1) is 27.4 Å². The van der Waals surface area contributed by atoms with Gasteiger partial charge in [0.2, 0.25) is 0 Å². The van der Waals surface area contributed by atoms with E-state index in [1.54, 1.807) is 24.3 Å². The number of amides is 1. The van der Waals surface area contributed by atoms with Gasteiger partial charge in [0.1, 0.15) is 18.1 Å². The molecule has 0 aromatic heterocycles. The van der Waals surface area contributed by atoms with Crippen LogP contribution < -0.4 is 14.9 Å². The molecule has 0 radical (unpaired) electrons. The molecule has 11 nitrogen and oxygen atoms in total. The van der Waals surface area contributed by atoms with Crippen LogP contribution in [0.3, 0.4) is 0 Å². The molecule has 0 unspecified atom stereocenters. The summed E-state index contributed by atoms with van der Waals surface area (Å²) in [5.74, 6) is 0.170. The van der Waals surface area contributed by atoms with Crippen molar-refractivity contribution >= 4 is 68.7 Å². The minimum atomic E-state index is -0.658. The molecule has 1 N–H and O–H groups in total. The van der Waals surface area contributed by atoms with E-state index in [2.05, 4.69) is 55.7 Å². The molecule has 180 valence electrons. The fraction of sp³-hybridized carbons (Fsp3) is 0.0909. The minimum Gasteiger partial charge on any atom is -0.496 e. The summed E-state index contributed by atoms with van der Waals surface area (Å²) in [5.41, 5.74) is 3.57. The van der Waals surface area contributed by atoms with Gasteiger partial charge < -0.3 is 9.47 Å². The Balaban J connectivity index is 1.68. The van der Waals surface area contributed by atoms with Crippen LogP contribution in [-0.2, 0) is 6.61 Å². The number of rotatable bonds is 9. The van der Waals surface area contributed by atoms with Crippen molar-refractivity contribution in [3.63, 3.8) is 0 Å². The third-order valence-corrected chi connectivity index (χ3v) is 6.17. The average molecular weight is 702 g/mol. The zero-order valence-corrected chi connectivity index (χ0v) is 22.3. The van der Waals surface area contributed by atoms with E-state index in [-0.39, 0.29) is 29.3 Å². The van der Waals surface area contributed by atoms with E-state index in [1.165, 1.54) is 37.6 Å². The number of halogens is 2. The minimum absolute atomic E-state index is 0.0116. The number of nitro groups is 2. The average Bonchev–Trinajstić information content (AvgIpc) is 2.83. The quantitative estimate of drug-likeness (QED) is 0.142. The van der Waals surface area contributed by atoms with Gasteiger partial charge in [-0.2, -0.15) is 5.10 Å². The Kier molecular flexibility index (Phi) is 8.91. The number of benzene rings is 3. The summed E-state index contributed by atoms with van der Waals surface area (Å²) in [6, 6.07) is 13.4. The number of nitrogens with zero attached hydrogens (tertiary/aromatic N) is 3. The van der Waals surface area contributed by atoms with Crippen LogP contribution >= 0.6 is 45.2 Å². The highest BCUT2D eigenvalue weighted by atomic mass is 127. The lowest BCUT2D eigenvalue weighted by molar-refractivity contribution is -0.385. The highest BCUT2D eigenvalue weighted by Gasteiger charge is 2.17. The number of hydrogen-bond acceptors (Lipinski definition) is 8. The summed E-state index contributed by atoms with van der Waals surface area (Å²) in [6.45, 7) is 0.235. The van der Waals surface area contributed by atoms with Crippen LogP contribution in [0.2, 0.25) is 0 Å². The molecule has 3 aromatic rings. The zero-order valence-electron chi connectivity index (χ0n) is 17.9. The van der Waals surface area contributed by atoms with Crippen molar-refractivity contribution in [1.82, 2.24) is 5.43 Å². The maximum atomic E-state index is 12.5. The van der Waals surface area contributed by atoms with Gasteiger partial charge >= 0.3 is 0 Å². The Hall–Kier alpha value is -3.34. The van der Waals surface area contributed by atoms with Gasteiger partial charge in [-0.05, 0) is 86.6 Å². The Morgan fingerprint density at radius 1 is 1.00 bits per heavy atom. The number of nitrogens with one attached hydrogen (secondary N) is 1. The summed E-state index contributed by atoms with van der Waals surface area (Å²) < 4.78 is 12.6. The lowest BCUT2D eigenvalue weighted by atomic mass is 10.1. The fourth-order valence-electron chi connectivity index (χ4n) is 2.87. The molecule has 3 aromatic carbocycles. The number of non-ortho nitro benzene ring substituents is 2. The molecule has 0 atom stereocenters. The molecule has 0 aliphatic heterocycles. The number of hydrogen-bond donors (Lipinski definition) is 1. The van der Waals surface area contributed by atoms with Crippen LogP contribution in [-0.4, -0.2) is 29.1 Å². The summed E-state index contributed by atoms with van der Waals surface area (Å²) in [4.78, 5) is 33.2. The van der Waals surface area contributed by atoms with E-state index in [1.807, 2.05) is 0 Å². The smallest absolute Gasteiger partial charge is 0.275 e. The van der Waals surface area contributed by atoms with E-state index in [4.69, 9.17) is 9.47 Å². The molecule has 0 saturated carbocycles. The Morgan fingerprint density at radius 3 is 2.17 bits per heavy atom. The molecular formula is C22H16I2N4O7. The van der Waals surface area contributed by atoms with Crippen molar-refractivity contribution < 1.29 is 24.1 Å². The highest BCUT2D eigenvalue weighted by Crippen LogP contribution is 2.29. The van der Waals surface area contributed by atoms with Crippen molar-refractivity contribution in [3.8, 4) is 11.5 Å². The second-order valence-electron chi connectivity index (χ2n) is 6.87.